The number of halogens is 1. The zero-order valence-corrected chi connectivity index (χ0v) is 16.6. The Hall–Kier alpha value is -3.24. The van der Waals surface area contributed by atoms with Crippen LogP contribution in [0.4, 0.5) is 0 Å². The molecule has 2 heterocycles. The fraction of sp³-hybridized carbons (Fsp3) is 0.316. The van der Waals surface area contributed by atoms with E-state index in [2.05, 4.69) is 10.1 Å². The van der Waals surface area contributed by atoms with Crippen molar-refractivity contribution < 1.29 is 32.8 Å². The van der Waals surface area contributed by atoms with E-state index in [1.165, 1.54) is 12.5 Å². The Bertz CT molecular complexity index is 1040. The third kappa shape index (κ3) is 4.84. The number of ether oxygens (including phenoxy) is 2. The maximum absolute atomic E-state index is 11.9. The molecule has 0 aliphatic carbocycles. The Morgan fingerprint density at radius 2 is 2.13 bits per heavy atom. The molecule has 1 atom stereocenters. The molecule has 0 saturated carbocycles. The van der Waals surface area contributed by atoms with E-state index >= 15 is 0 Å². The van der Waals surface area contributed by atoms with Gasteiger partial charge in [-0.2, -0.15) is 0 Å². The van der Waals surface area contributed by atoms with Crippen molar-refractivity contribution in [3.05, 3.63) is 41.2 Å². The highest BCUT2D eigenvalue weighted by Crippen LogP contribution is 2.34. The van der Waals surface area contributed by atoms with Gasteiger partial charge in [-0.25, -0.2) is 4.98 Å². The number of benzene rings is 1. The minimum absolute atomic E-state index is 0.0630. The van der Waals surface area contributed by atoms with Crippen LogP contribution < -0.4 is 10.5 Å². The Morgan fingerprint density at radius 3 is 2.80 bits per heavy atom. The van der Waals surface area contributed by atoms with Crippen LogP contribution in [0.3, 0.4) is 0 Å². The summed E-state index contributed by atoms with van der Waals surface area (Å²) in [6, 6.07) is 3.21. The molecular weight excluding hydrogens is 418 g/mol. The summed E-state index contributed by atoms with van der Waals surface area (Å²) in [6.45, 7) is 1.22. The number of hydrogen-bond acceptors (Lipinski definition) is 10. The number of rotatable bonds is 10. The van der Waals surface area contributed by atoms with E-state index in [4.69, 9.17) is 35.7 Å². The van der Waals surface area contributed by atoms with Crippen molar-refractivity contribution in [3.63, 3.8) is 0 Å². The first-order valence-corrected chi connectivity index (χ1v) is 9.24. The summed E-state index contributed by atoms with van der Waals surface area (Å²) in [4.78, 5) is 37.4. The van der Waals surface area contributed by atoms with Crippen LogP contribution in [0.25, 0.3) is 11.0 Å². The van der Waals surface area contributed by atoms with Crippen molar-refractivity contribution in [2.75, 3.05) is 6.61 Å². The number of aryl methyl sites for hydroxylation is 1. The largest absolute Gasteiger partial charge is 0.479 e. The van der Waals surface area contributed by atoms with Gasteiger partial charge in [0.1, 0.15) is 18.6 Å². The van der Waals surface area contributed by atoms with Gasteiger partial charge in [0.2, 0.25) is 5.89 Å². The molecule has 11 heteroatoms. The first kappa shape index (κ1) is 21.5. The second-order valence-corrected chi connectivity index (χ2v) is 6.95. The fourth-order valence-corrected chi connectivity index (χ4v) is 2.74. The molecule has 158 valence electrons. The minimum atomic E-state index is -1.84. The highest BCUT2D eigenvalue weighted by Gasteiger charge is 2.26. The highest BCUT2D eigenvalue weighted by atomic mass is 35.5. The molecule has 0 spiro atoms. The van der Waals surface area contributed by atoms with Crippen LogP contribution in [0.15, 0.2) is 33.5 Å². The summed E-state index contributed by atoms with van der Waals surface area (Å²) in [5, 5.41) is 4.88. The molecule has 0 amide bonds. The second-order valence-electron chi connectivity index (χ2n) is 6.55. The first-order valence-electron chi connectivity index (χ1n) is 8.86. The quantitative estimate of drug-likeness (QED) is 0.285. The number of nitrogens with zero attached hydrogens (tertiary/aromatic N) is 2. The van der Waals surface area contributed by atoms with Gasteiger partial charge in [0.25, 0.3) is 0 Å². The number of fused-ring (bicyclic) bond motifs is 1. The number of hydrogen-bond donors (Lipinski definition) is 1. The summed E-state index contributed by atoms with van der Waals surface area (Å²) in [5.74, 6) is 0.114. The summed E-state index contributed by atoms with van der Waals surface area (Å²) >= 11 is 6.32. The lowest BCUT2D eigenvalue weighted by atomic mass is 10.1. The van der Waals surface area contributed by atoms with Crippen molar-refractivity contribution in [1.29, 1.82) is 0 Å². The highest BCUT2D eigenvalue weighted by molar-refractivity contribution is 6.32. The van der Waals surface area contributed by atoms with Crippen molar-refractivity contribution in [3.8, 4) is 5.75 Å². The number of oxazole rings is 1. The van der Waals surface area contributed by atoms with Crippen LogP contribution in [0.1, 0.15) is 31.0 Å². The third-order valence-corrected chi connectivity index (χ3v) is 4.49. The van der Waals surface area contributed by atoms with Crippen molar-refractivity contribution >= 4 is 41.1 Å². The zero-order valence-electron chi connectivity index (χ0n) is 15.9. The molecule has 30 heavy (non-hydrogen) atoms. The molecule has 1 aromatic carbocycles. The van der Waals surface area contributed by atoms with Crippen LogP contribution in [0, 0.1) is 0 Å². The SMILES string of the molecule is C[C@@H](Oc1cc2onc(CCC(=O)OCC(N)(C=O)C=O)c2cc1Cl)c1ncco1. The van der Waals surface area contributed by atoms with E-state index in [1.54, 1.807) is 19.1 Å². The average Bonchev–Trinajstić information content (AvgIpc) is 3.41. The van der Waals surface area contributed by atoms with Crippen LogP contribution in [-0.4, -0.2) is 40.8 Å². The van der Waals surface area contributed by atoms with Crippen molar-refractivity contribution in [2.24, 2.45) is 5.73 Å². The average molecular weight is 436 g/mol. The lowest BCUT2D eigenvalue weighted by molar-refractivity contribution is -0.146. The van der Waals surface area contributed by atoms with Crippen LogP contribution >= 0.6 is 11.6 Å². The van der Waals surface area contributed by atoms with E-state index in [0.29, 0.717) is 33.3 Å². The number of aldehydes is 2. The molecular formula is C19H18ClN3O7. The maximum atomic E-state index is 11.9. The molecule has 0 aliphatic heterocycles. The van der Waals surface area contributed by atoms with Crippen LogP contribution in [-0.2, 0) is 25.5 Å². The van der Waals surface area contributed by atoms with E-state index in [-0.39, 0.29) is 25.4 Å². The summed E-state index contributed by atoms with van der Waals surface area (Å²) in [6.07, 6.45) is 3.06. The topological polar surface area (TPSA) is 148 Å². The minimum Gasteiger partial charge on any atom is -0.479 e. The van der Waals surface area contributed by atoms with Gasteiger partial charge < -0.3 is 33.7 Å². The predicted octanol–water partition coefficient (Wildman–Crippen LogP) is 2.18. The standard InChI is InChI=1S/C19H18ClN3O7/c1-11(18-22-4-5-27-18)29-16-7-15-12(6-13(16)20)14(23-30-15)2-3-17(26)28-10-19(21,8-24)9-25/h4-9,11H,2-3,10,21H2,1H3/t11-/m1/s1. The number of carbonyl (C=O) groups excluding carboxylic acids is 3. The lowest BCUT2D eigenvalue weighted by Crippen LogP contribution is -2.48. The van der Waals surface area contributed by atoms with Crippen molar-refractivity contribution in [2.45, 2.75) is 31.4 Å². The van der Waals surface area contributed by atoms with Gasteiger partial charge in [0.05, 0.1) is 23.3 Å². The molecule has 10 nitrogen and oxygen atoms in total. The third-order valence-electron chi connectivity index (χ3n) is 4.19. The molecule has 0 unspecified atom stereocenters. The number of aromatic nitrogens is 2. The molecule has 0 radical (unpaired) electrons. The first-order chi connectivity index (χ1) is 14.3. The van der Waals surface area contributed by atoms with Crippen molar-refractivity contribution in [1.82, 2.24) is 10.1 Å². The van der Waals surface area contributed by atoms with E-state index in [0.717, 1.165) is 0 Å². The molecule has 0 saturated heterocycles. The molecule has 3 aromatic rings. The van der Waals surface area contributed by atoms with Gasteiger partial charge in [0, 0.05) is 17.9 Å². The molecule has 2 N–H and O–H groups in total. The van der Waals surface area contributed by atoms with Gasteiger partial charge in [-0.3, -0.25) is 4.79 Å². The van der Waals surface area contributed by atoms with Gasteiger partial charge in [-0.05, 0) is 13.0 Å². The number of carbonyl (C=O) groups is 3. The van der Waals surface area contributed by atoms with Crippen LogP contribution in [0.5, 0.6) is 5.75 Å². The smallest absolute Gasteiger partial charge is 0.306 e. The Morgan fingerprint density at radius 1 is 1.37 bits per heavy atom. The fourth-order valence-electron chi connectivity index (χ4n) is 2.53. The molecule has 0 aliphatic rings. The summed E-state index contributed by atoms with van der Waals surface area (Å²) < 4.78 is 21.2. The number of nitrogens with two attached hydrogens (primary N) is 1. The molecule has 0 fully saturated rings. The maximum Gasteiger partial charge on any atom is 0.306 e. The number of esters is 1. The van der Waals surface area contributed by atoms with Gasteiger partial charge >= 0.3 is 5.97 Å². The Balaban J connectivity index is 1.65. The van der Waals surface area contributed by atoms with E-state index in [1.807, 2.05) is 0 Å². The second kappa shape index (κ2) is 9.06. The van der Waals surface area contributed by atoms with E-state index in [9.17, 15) is 14.4 Å². The van der Waals surface area contributed by atoms with Crippen LogP contribution in [0.2, 0.25) is 5.02 Å². The van der Waals surface area contributed by atoms with Gasteiger partial charge in [0.15, 0.2) is 29.8 Å². The molecule has 2 aromatic heterocycles. The summed E-state index contributed by atoms with van der Waals surface area (Å²) in [7, 11) is 0. The Labute approximate surface area is 175 Å². The Kier molecular flexibility index (Phi) is 6.48. The lowest BCUT2D eigenvalue weighted by Gasteiger charge is -2.14. The monoisotopic (exact) mass is 435 g/mol. The molecule has 3 rings (SSSR count). The van der Waals surface area contributed by atoms with E-state index < -0.39 is 24.2 Å². The van der Waals surface area contributed by atoms with Gasteiger partial charge in [-0.15, -0.1) is 0 Å². The van der Waals surface area contributed by atoms with Gasteiger partial charge in [-0.1, -0.05) is 16.8 Å². The predicted molar refractivity (Wildman–Crippen MR) is 103 cm³/mol. The normalized spacial score (nSPS) is 12.5. The zero-order chi connectivity index (χ0) is 21.7. The summed E-state index contributed by atoms with van der Waals surface area (Å²) in [5.41, 5.74) is 4.49. The molecule has 0 bridgehead atoms.